The first kappa shape index (κ1) is 11.4. The van der Waals surface area contributed by atoms with Crippen molar-refractivity contribution in [3.05, 3.63) is 28.2 Å². The molecule has 86 valence electrons. The smallest absolute Gasteiger partial charge is 0.254 e. The molecule has 1 heterocycles. The molecule has 2 rings (SSSR count). The van der Waals surface area contributed by atoms with Crippen LogP contribution in [0, 0.1) is 0 Å². The summed E-state index contributed by atoms with van der Waals surface area (Å²) >= 11 is 3.28. The average molecular weight is 285 g/mol. The van der Waals surface area contributed by atoms with Gasteiger partial charge in [0.2, 0.25) is 0 Å². The van der Waals surface area contributed by atoms with Crippen molar-refractivity contribution in [3.8, 4) is 0 Å². The number of aliphatic hydroxyl groups is 1. The van der Waals surface area contributed by atoms with Crippen LogP contribution in [0.15, 0.2) is 22.7 Å². The number of carbonyl (C=O) groups excluding carboxylic acids is 1. The van der Waals surface area contributed by atoms with Crippen molar-refractivity contribution in [3.63, 3.8) is 0 Å². The molecule has 1 atom stereocenters. The lowest BCUT2D eigenvalue weighted by atomic mass is 10.2. The number of carbonyl (C=O) groups is 1. The number of aliphatic hydroxyl groups excluding tert-OH is 1. The fourth-order valence-corrected chi connectivity index (χ4v) is 2.03. The molecule has 0 radical (unpaired) electrons. The van der Waals surface area contributed by atoms with Gasteiger partial charge in [0.1, 0.15) is 0 Å². The highest BCUT2D eigenvalue weighted by atomic mass is 79.9. The molecule has 1 aliphatic rings. The molecule has 3 N–H and O–H groups in total. The first-order valence-corrected chi connectivity index (χ1v) is 5.89. The summed E-state index contributed by atoms with van der Waals surface area (Å²) in [6, 6.07) is 5.14. The summed E-state index contributed by atoms with van der Waals surface area (Å²) in [5.74, 6) is -0.0734. The molecule has 0 bridgehead atoms. The SMILES string of the molecule is Nc1cc(C(=O)N2CC[C@@H](O)C2)ccc1Br. The Morgan fingerprint density at radius 1 is 1.56 bits per heavy atom. The number of benzene rings is 1. The van der Waals surface area contributed by atoms with Crippen LogP contribution < -0.4 is 5.73 Å². The summed E-state index contributed by atoms with van der Waals surface area (Å²) in [6.07, 6.45) is 0.259. The first-order chi connectivity index (χ1) is 7.58. The Balaban J connectivity index is 2.18. The molecular formula is C11H13BrN2O2. The number of hydrogen-bond acceptors (Lipinski definition) is 3. The van der Waals surface area contributed by atoms with E-state index in [1.54, 1.807) is 23.1 Å². The predicted octanol–water partition coefficient (Wildman–Crippen LogP) is 1.24. The summed E-state index contributed by atoms with van der Waals surface area (Å²) in [5.41, 5.74) is 6.83. The van der Waals surface area contributed by atoms with Gasteiger partial charge in [-0.3, -0.25) is 4.79 Å². The van der Waals surface area contributed by atoms with Crippen molar-refractivity contribution in [2.45, 2.75) is 12.5 Å². The molecule has 1 aliphatic heterocycles. The molecule has 1 aromatic carbocycles. The second kappa shape index (κ2) is 4.43. The fraction of sp³-hybridized carbons (Fsp3) is 0.364. The largest absolute Gasteiger partial charge is 0.398 e. The number of rotatable bonds is 1. The summed E-state index contributed by atoms with van der Waals surface area (Å²) < 4.78 is 0.783. The number of anilines is 1. The van der Waals surface area contributed by atoms with Crippen molar-refractivity contribution in [1.29, 1.82) is 0 Å². The Bertz CT molecular complexity index is 422. The van der Waals surface area contributed by atoms with Crippen LogP contribution in [0.4, 0.5) is 5.69 Å². The van der Waals surface area contributed by atoms with Crippen molar-refractivity contribution in [1.82, 2.24) is 4.90 Å². The molecule has 1 aromatic rings. The zero-order valence-corrected chi connectivity index (χ0v) is 10.3. The number of halogens is 1. The van der Waals surface area contributed by atoms with E-state index in [1.807, 2.05) is 0 Å². The van der Waals surface area contributed by atoms with Gasteiger partial charge in [0.15, 0.2) is 0 Å². The van der Waals surface area contributed by atoms with Gasteiger partial charge in [-0.05, 0) is 40.5 Å². The first-order valence-electron chi connectivity index (χ1n) is 5.10. The zero-order valence-electron chi connectivity index (χ0n) is 8.69. The number of nitrogens with two attached hydrogens (primary N) is 1. The van der Waals surface area contributed by atoms with Gasteiger partial charge in [0.05, 0.1) is 6.10 Å². The average Bonchev–Trinajstić information content (AvgIpc) is 2.68. The lowest BCUT2D eigenvalue weighted by Gasteiger charge is -2.15. The number of β-amino-alcohol motifs (C(OH)–C–C–N with tert-alkyl or cyclic N) is 1. The quantitative estimate of drug-likeness (QED) is 0.763. The van der Waals surface area contributed by atoms with E-state index in [9.17, 15) is 9.90 Å². The third-order valence-electron chi connectivity index (χ3n) is 2.69. The van der Waals surface area contributed by atoms with Gasteiger partial charge in [-0.25, -0.2) is 0 Å². The van der Waals surface area contributed by atoms with E-state index in [4.69, 9.17) is 5.73 Å². The van der Waals surface area contributed by atoms with Crippen LogP contribution in [0.1, 0.15) is 16.8 Å². The summed E-state index contributed by atoms with van der Waals surface area (Å²) in [4.78, 5) is 13.6. The summed E-state index contributed by atoms with van der Waals surface area (Å²) in [7, 11) is 0. The molecule has 4 nitrogen and oxygen atoms in total. The molecule has 1 fully saturated rings. The minimum absolute atomic E-state index is 0.0734. The van der Waals surface area contributed by atoms with Crippen LogP contribution in [-0.2, 0) is 0 Å². The lowest BCUT2D eigenvalue weighted by molar-refractivity contribution is 0.0765. The van der Waals surface area contributed by atoms with Gasteiger partial charge in [0.25, 0.3) is 5.91 Å². The molecular weight excluding hydrogens is 272 g/mol. The standard InChI is InChI=1S/C11H13BrN2O2/c12-9-2-1-7(5-10(9)13)11(16)14-4-3-8(15)6-14/h1-2,5,8,15H,3-4,6,13H2/t8-/m1/s1. The summed E-state index contributed by atoms with van der Waals surface area (Å²) in [6.45, 7) is 1.02. The highest BCUT2D eigenvalue weighted by Gasteiger charge is 2.25. The Morgan fingerprint density at radius 2 is 2.31 bits per heavy atom. The molecule has 1 saturated heterocycles. The van der Waals surface area contributed by atoms with Gasteiger partial charge >= 0.3 is 0 Å². The van der Waals surface area contributed by atoms with Crippen LogP contribution in [0.2, 0.25) is 0 Å². The van der Waals surface area contributed by atoms with Gasteiger partial charge < -0.3 is 15.7 Å². The Morgan fingerprint density at radius 3 is 2.88 bits per heavy atom. The number of hydrogen-bond donors (Lipinski definition) is 2. The number of likely N-dealkylation sites (tertiary alicyclic amines) is 1. The highest BCUT2D eigenvalue weighted by molar-refractivity contribution is 9.10. The topological polar surface area (TPSA) is 66.6 Å². The summed E-state index contributed by atoms with van der Waals surface area (Å²) in [5, 5.41) is 9.37. The van der Waals surface area contributed by atoms with Crippen molar-refractivity contribution in [2.75, 3.05) is 18.8 Å². The van der Waals surface area contributed by atoms with E-state index in [0.717, 1.165) is 4.47 Å². The van der Waals surface area contributed by atoms with E-state index < -0.39 is 6.10 Å². The number of nitrogens with zero attached hydrogens (tertiary/aromatic N) is 1. The highest BCUT2D eigenvalue weighted by Crippen LogP contribution is 2.22. The molecule has 1 amide bonds. The maximum absolute atomic E-state index is 12.0. The van der Waals surface area contributed by atoms with Crippen LogP contribution in [0.3, 0.4) is 0 Å². The second-order valence-corrected chi connectivity index (χ2v) is 4.78. The third-order valence-corrected chi connectivity index (χ3v) is 3.42. The van der Waals surface area contributed by atoms with Gasteiger partial charge in [0, 0.05) is 28.8 Å². The van der Waals surface area contributed by atoms with Crippen LogP contribution in [0.25, 0.3) is 0 Å². The minimum Gasteiger partial charge on any atom is -0.398 e. The fourth-order valence-electron chi connectivity index (χ4n) is 1.79. The van der Waals surface area contributed by atoms with Crippen molar-refractivity contribution in [2.24, 2.45) is 0 Å². The maximum atomic E-state index is 12.0. The van der Waals surface area contributed by atoms with E-state index in [2.05, 4.69) is 15.9 Å². The molecule has 0 saturated carbocycles. The van der Waals surface area contributed by atoms with Gasteiger partial charge in [-0.2, -0.15) is 0 Å². The second-order valence-electron chi connectivity index (χ2n) is 3.93. The number of amides is 1. The molecule has 0 spiro atoms. The van der Waals surface area contributed by atoms with E-state index in [0.29, 0.717) is 30.8 Å². The molecule has 0 aliphatic carbocycles. The Labute approximate surface area is 102 Å². The Kier molecular flexibility index (Phi) is 3.16. The van der Waals surface area contributed by atoms with Crippen molar-refractivity contribution < 1.29 is 9.90 Å². The third kappa shape index (κ3) is 2.20. The molecule has 0 aromatic heterocycles. The maximum Gasteiger partial charge on any atom is 0.254 e. The molecule has 5 heteroatoms. The number of nitrogen functional groups attached to an aromatic ring is 1. The normalized spacial score (nSPS) is 20.1. The Hall–Kier alpha value is -1.07. The van der Waals surface area contributed by atoms with E-state index in [1.165, 1.54) is 0 Å². The van der Waals surface area contributed by atoms with Crippen molar-refractivity contribution >= 4 is 27.5 Å². The van der Waals surface area contributed by atoms with Crippen LogP contribution in [0.5, 0.6) is 0 Å². The molecule has 0 unspecified atom stereocenters. The zero-order chi connectivity index (χ0) is 11.7. The van der Waals surface area contributed by atoms with Crippen LogP contribution in [-0.4, -0.2) is 35.1 Å². The minimum atomic E-state index is -0.392. The van der Waals surface area contributed by atoms with Gasteiger partial charge in [-0.15, -0.1) is 0 Å². The van der Waals surface area contributed by atoms with Gasteiger partial charge in [-0.1, -0.05) is 0 Å². The monoisotopic (exact) mass is 284 g/mol. The predicted molar refractivity (Wildman–Crippen MR) is 65.1 cm³/mol. The van der Waals surface area contributed by atoms with Crippen LogP contribution >= 0.6 is 15.9 Å². The lowest BCUT2D eigenvalue weighted by Crippen LogP contribution is -2.29. The van der Waals surface area contributed by atoms with E-state index >= 15 is 0 Å². The van der Waals surface area contributed by atoms with E-state index in [-0.39, 0.29) is 5.91 Å². The molecule has 16 heavy (non-hydrogen) atoms.